The maximum atomic E-state index is 14.3. The van der Waals surface area contributed by atoms with Crippen molar-refractivity contribution in [1.82, 2.24) is 14.9 Å². The highest BCUT2D eigenvalue weighted by atomic mass is 19.1. The molecule has 4 nitrogen and oxygen atoms in total. The largest absolute Gasteiger partial charge is 0.366 e. The van der Waals surface area contributed by atoms with Crippen molar-refractivity contribution in [3.8, 4) is 0 Å². The molecule has 4 rings (SSSR count). The van der Waals surface area contributed by atoms with Gasteiger partial charge in [-0.25, -0.2) is 13.8 Å². The molecule has 2 heterocycles. The molecule has 0 bridgehead atoms. The lowest BCUT2D eigenvalue weighted by Crippen LogP contribution is -2.35. The second-order valence-electron chi connectivity index (χ2n) is 6.96. The Hall–Kier alpha value is -1.53. The summed E-state index contributed by atoms with van der Waals surface area (Å²) in [6.07, 6.45) is 4.79. The van der Waals surface area contributed by atoms with Crippen LogP contribution in [0.4, 0.5) is 8.78 Å². The molecular weight excluding hydrogens is 312 g/mol. The molecule has 2 aromatic rings. The summed E-state index contributed by atoms with van der Waals surface area (Å²) in [4.78, 5) is 9.66. The Kier molecular flexibility index (Phi) is 4.50. The Morgan fingerprint density at radius 3 is 2.88 bits per heavy atom. The molecule has 0 spiro atoms. The van der Waals surface area contributed by atoms with E-state index in [0.29, 0.717) is 36.0 Å². The average Bonchev–Trinajstić information content (AvgIpc) is 3.16. The van der Waals surface area contributed by atoms with Crippen molar-refractivity contribution in [2.24, 2.45) is 0 Å². The summed E-state index contributed by atoms with van der Waals surface area (Å²) in [5, 5.41) is 0. The van der Waals surface area contributed by atoms with Crippen LogP contribution in [0, 0.1) is 5.82 Å². The van der Waals surface area contributed by atoms with Gasteiger partial charge >= 0.3 is 0 Å². The number of H-pyrrole nitrogens is 1. The van der Waals surface area contributed by atoms with Gasteiger partial charge in [-0.3, -0.25) is 4.90 Å². The molecule has 1 aliphatic heterocycles. The van der Waals surface area contributed by atoms with Crippen molar-refractivity contribution in [2.45, 2.75) is 57.0 Å². The molecule has 2 atom stereocenters. The molecule has 24 heavy (non-hydrogen) atoms. The Bertz CT molecular complexity index is 699. The van der Waals surface area contributed by atoms with E-state index in [-0.39, 0.29) is 12.4 Å². The zero-order chi connectivity index (χ0) is 16.5. The number of likely N-dealkylation sites (tertiary alicyclic amines) is 1. The first-order valence-corrected chi connectivity index (χ1v) is 8.83. The number of rotatable bonds is 4. The van der Waals surface area contributed by atoms with Crippen LogP contribution in [0.15, 0.2) is 18.2 Å². The summed E-state index contributed by atoms with van der Waals surface area (Å²) in [6.45, 7) is 1.35. The number of hydrogen-bond acceptors (Lipinski definition) is 3. The summed E-state index contributed by atoms with van der Waals surface area (Å²) in [5.74, 6) is 0.306. The van der Waals surface area contributed by atoms with Crippen molar-refractivity contribution in [2.75, 3.05) is 13.1 Å². The van der Waals surface area contributed by atoms with E-state index in [0.717, 1.165) is 0 Å². The number of nitrogens with one attached hydrogen (secondary N) is 1. The third kappa shape index (κ3) is 3.30. The minimum absolute atomic E-state index is 0.222. The number of benzene rings is 1. The number of fused-ring (bicyclic) bond motifs is 1. The molecule has 0 radical (unpaired) electrons. The predicted molar refractivity (Wildman–Crippen MR) is 88.0 cm³/mol. The van der Waals surface area contributed by atoms with Gasteiger partial charge in [0.1, 0.15) is 30.5 Å². The number of aromatic nitrogens is 2. The SMILES string of the molecule is Fc1ccc2nc(COC3CN(C4CCCCC4)CC3F)[nH]c2c1. The molecule has 1 aromatic heterocycles. The van der Waals surface area contributed by atoms with Crippen molar-refractivity contribution in [3.63, 3.8) is 0 Å². The quantitative estimate of drug-likeness (QED) is 0.929. The first-order valence-electron chi connectivity index (χ1n) is 8.83. The molecule has 1 aliphatic carbocycles. The molecule has 2 aliphatic rings. The third-order valence-corrected chi connectivity index (χ3v) is 5.24. The number of imidazole rings is 1. The lowest BCUT2D eigenvalue weighted by Gasteiger charge is -2.30. The molecule has 2 unspecified atom stereocenters. The first kappa shape index (κ1) is 16.0. The van der Waals surface area contributed by atoms with Crippen molar-refractivity contribution in [1.29, 1.82) is 0 Å². The lowest BCUT2D eigenvalue weighted by atomic mass is 9.94. The summed E-state index contributed by atoms with van der Waals surface area (Å²) < 4.78 is 33.3. The summed E-state index contributed by atoms with van der Waals surface area (Å²) in [5.41, 5.74) is 1.34. The third-order valence-electron chi connectivity index (χ3n) is 5.24. The molecule has 2 fully saturated rings. The van der Waals surface area contributed by atoms with E-state index >= 15 is 0 Å². The second kappa shape index (κ2) is 6.76. The minimum Gasteiger partial charge on any atom is -0.366 e. The van der Waals surface area contributed by atoms with Crippen molar-refractivity contribution < 1.29 is 13.5 Å². The van der Waals surface area contributed by atoms with Gasteiger partial charge in [0.25, 0.3) is 0 Å². The van der Waals surface area contributed by atoms with Gasteiger partial charge in [0.2, 0.25) is 0 Å². The highest BCUT2D eigenvalue weighted by molar-refractivity contribution is 5.74. The van der Waals surface area contributed by atoms with Crippen LogP contribution in [0.5, 0.6) is 0 Å². The van der Waals surface area contributed by atoms with Crippen molar-refractivity contribution in [3.05, 3.63) is 29.8 Å². The van der Waals surface area contributed by atoms with E-state index in [9.17, 15) is 8.78 Å². The van der Waals surface area contributed by atoms with Gasteiger partial charge < -0.3 is 9.72 Å². The molecular formula is C18H23F2N3O. The van der Waals surface area contributed by atoms with E-state index in [2.05, 4.69) is 14.9 Å². The molecule has 130 valence electrons. The summed E-state index contributed by atoms with van der Waals surface area (Å²) in [6, 6.07) is 4.93. The van der Waals surface area contributed by atoms with Crippen LogP contribution in [0.3, 0.4) is 0 Å². The number of alkyl halides is 1. The van der Waals surface area contributed by atoms with Crippen LogP contribution in [0.2, 0.25) is 0 Å². The monoisotopic (exact) mass is 335 g/mol. The first-order chi connectivity index (χ1) is 11.7. The molecule has 0 amide bonds. The van der Waals surface area contributed by atoms with Crippen LogP contribution in [0.25, 0.3) is 11.0 Å². The van der Waals surface area contributed by atoms with Gasteiger partial charge in [-0.15, -0.1) is 0 Å². The Labute approximate surface area is 140 Å². The van der Waals surface area contributed by atoms with Crippen LogP contribution in [-0.2, 0) is 11.3 Å². The molecule has 1 saturated carbocycles. The lowest BCUT2D eigenvalue weighted by molar-refractivity contribution is 0.00726. The van der Waals surface area contributed by atoms with Crippen molar-refractivity contribution >= 4 is 11.0 Å². The fraction of sp³-hybridized carbons (Fsp3) is 0.611. The molecule has 1 N–H and O–H groups in total. The van der Waals surface area contributed by atoms with Gasteiger partial charge in [-0.05, 0) is 31.0 Å². The molecule has 1 saturated heterocycles. The summed E-state index contributed by atoms with van der Waals surface area (Å²) >= 11 is 0. The number of hydrogen-bond donors (Lipinski definition) is 1. The van der Waals surface area contributed by atoms with E-state index < -0.39 is 12.3 Å². The minimum atomic E-state index is -0.950. The topological polar surface area (TPSA) is 41.1 Å². The van der Waals surface area contributed by atoms with E-state index in [1.807, 2.05) is 0 Å². The predicted octanol–water partition coefficient (Wildman–Crippen LogP) is 3.57. The average molecular weight is 335 g/mol. The number of ether oxygens (including phenoxy) is 1. The van der Waals surface area contributed by atoms with Gasteiger partial charge in [-0.1, -0.05) is 19.3 Å². The Morgan fingerprint density at radius 2 is 2.04 bits per heavy atom. The van der Waals surface area contributed by atoms with E-state index in [1.165, 1.54) is 44.2 Å². The maximum Gasteiger partial charge on any atom is 0.140 e. The van der Waals surface area contributed by atoms with Gasteiger partial charge in [0.15, 0.2) is 0 Å². The zero-order valence-corrected chi connectivity index (χ0v) is 13.7. The highest BCUT2D eigenvalue weighted by Crippen LogP contribution is 2.28. The van der Waals surface area contributed by atoms with Gasteiger partial charge in [0, 0.05) is 19.1 Å². The molecule has 1 aromatic carbocycles. The summed E-state index contributed by atoms with van der Waals surface area (Å²) in [7, 11) is 0. The number of aromatic amines is 1. The van der Waals surface area contributed by atoms with Crippen LogP contribution >= 0.6 is 0 Å². The van der Waals surface area contributed by atoms with Gasteiger partial charge in [0.05, 0.1) is 11.0 Å². The fourth-order valence-corrected chi connectivity index (χ4v) is 3.95. The number of nitrogens with zero attached hydrogens (tertiary/aromatic N) is 2. The van der Waals surface area contributed by atoms with Crippen LogP contribution in [-0.4, -0.2) is 46.3 Å². The van der Waals surface area contributed by atoms with E-state index in [4.69, 9.17) is 4.74 Å². The Balaban J connectivity index is 1.36. The number of halogens is 2. The second-order valence-corrected chi connectivity index (χ2v) is 6.96. The van der Waals surface area contributed by atoms with Gasteiger partial charge in [-0.2, -0.15) is 0 Å². The van der Waals surface area contributed by atoms with E-state index in [1.54, 1.807) is 6.07 Å². The van der Waals surface area contributed by atoms with Crippen LogP contribution in [0.1, 0.15) is 37.9 Å². The standard InChI is InChI=1S/C18H23F2N3O/c19-12-6-7-15-16(8-12)22-18(21-15)11-24-17-10-23(9-14(17)20)13-4-2-1-3-5-13/h6-8,13-14,17H,1-5,9-11H2,(H,21,22). The fourth-order valence-electron chi connectivity index (χ4n) is 3.95. The Morgan fingerprint density at radius 1 is 1.21 bits per heavy atom. The maximum absolute atomic E-state index is 14.3. The normalized spacial score (nSPS) is 26.4. The zero-order valence-electron chi connectivity index (χ0n) is 13.7. The smallest absolute Gasteiger partial charge is 0.140 e. The van der Waals surface area contributed by atoms with Crippen LogP contribution < -0.4 is 0 Å². The molecule has 6 heteroatoms. The highest BCUT2D eigenvalue weighted by Gasteiger charge is 2.37.